The number of methoxy groups -OCH3 is 1. The highest BCUT2D eigenvalue weighted by Crippen LogP contribution is 2.32. The molecule has 1 N–H and O–H groups in total. The summed E-state index contributed by atoms with van der Waals surface area (Å²) < 4.78 is 5.00. The first-order chi connectivity index (χ1) is 9.40. The fourth-order valence-corrected chi connectivity index (χ4v) is 1.86. The molecule has 0 aromatic heterocycles. The number of nitro benzene ring substituents is 1. The Labute approximate surface area is 116 Å². The number of ether oxygens (including phenoxy) is 1. The summed E-state index contributed by atoms with van der Waals surface area (Å²) in [6.45, 7) is 3.68. The van der Waals surface area contributed by atoms with E-state index in [2.05, 4.69) is 0 Å². The van der Waals surface area contributed by atoms with Crippen molar-refractivity contribution in [1.29, 1.82) is 0 Å². The first-order valence-electron chi connectivity index (χ1n) is 6.21. The Morgan fingerprint density at radius 3 is 2.65 bits per heavy atom. The normalized spacial score (nSPS) is 11.8. The fraction of sp³-hybridized carbons (Fsp3) is 0.462. The quantitative estimate of drug-likeness (QED) is 0.609. The molecule has 110 valence electrons. The number of hydrogen-bond donors (Lipinski definition) is 1. The molecule has 7 heteroatoms. The van der Waals surface area contributed by atoms with Gasteiger partial charge in [-0.25, -0.2) is 0 Å². The number of hydrogen-bond acceptors (Lipinski definition) is 5. The maximum absolute atomic E-state index is 11.0. The van der Waals surface area contributed by atoms with Gasteiger partial charge in [0, 0.05) is 23.9 Å². The molecular weight excluding hydrogens is 264 g/mol. The van der Waals surface area contributed by atoms with Gasteiger partial charge >= 0.3 is 11.7 Å². The predicted molar refractivity (Wildman–Crippen MR) is 74.4 cm³/mol. The van der Waals surface area contributed by atoms with Gasteiger partial charge in [0.15, 0.2) is 5.75 Å². The van der Waals surface area contributed by atoms with Gasteiger partial charge in [-0.15, -0.1) is 0 Å². The predicted octanol–water partition coefficient (Wildman–Crippen LogP) is 2.29. The van der Waals surface area contributed by atoms with Crippen LogP contribution in [-0.2, 0) is 4.79 Å². The SMILES string of the molecule is CCC(C)N(CC(=O)O)c1ccc([N+](=O)[O-])c(OC)c1. The molecule has 1 atom stereocenters. The standard InChI is InChI=1S/C13H18N2O5/c1-4-9(2)14(8-13(16)17)10-5-6-11(15(18)19)12(7-10)20-3/h5-7,9H,4,8H2,1-3H3,(H,16,17). The van der Waals surface area contributed by atoms with Gasteiger partial charge in [0.2, 0.25) is 0 Å². The van der Waals surface area contributed by atoms with Crippen LogP contribution in [0.5, 0.6) is 5.75 Å². The fourth-order valence-electron chi connectivity index (χ4n) is 1.86. The van der Waals surface area contributed by atoms with Gasteiger partial charge in [0.25, 0.3) is 0 Å². The minimum Gasteiger partial charge on any atom is -0.490 e. The number of benzene rings is 1. The Hall–Kier alpha value is -2.31. The number of carbonyl (C=O) groups is 1. The van der Waals surface area contributed by atoms with E-state index in [0.29, 0.717) is 5.69 Å². The van der Waals surface area contributed by atoms with Crippen molar-refractivity contribution in [1.82, 2.24) is 0 Å². The molecule has 0 heterocycles. The molecule has 7 nitrogen and oxygen atoms in total. The molecule has 0 spiro atoms. The molecule has 0 bridgehead atoms. The van der Waals surface area contributed by atoms with Gasteiger partial charge in [0.05, 0.1) is 12.0 Å². The summed E-state index contributed by atoms with van der Waals surface area (Å²) in [4.78, 5) is 22.9. The highest BCUT2D eigenvalue weighted by atomic mass is 16.6. The summed E-state index contributed by atoms with van der Waals surface area (Å²) in [6.07, 6.45) is 0.757. The maximum Gasteiger partial charge on any atom is 0.323 e. The molecule has 0 aliphatic rings. The molecule has 0 amide bonds. The van der Waals surface area contributed by atoms with Gasteiger partial charge in [-0.1, -0.05) is 6.92 Å². The van der Waals surface area contributed by atoms with Crippen LogP contribution in [0.3, 0.4) is 0 Å². The van der Waals surface area contributed by atoms with E-state index in [4.69, 9.17) is 9.84 Å². The first kappa shape index (κ1) is 15.7. The van der Waals surface area contributed by atoms with Gasteiger partial charge in [0.1, 0.15) is 6.54 Å². The van der Waals surface area contributed by atoms with Crippen molar-refractivity contribution < 1.29 is 19.6 Å². The lowest BCUT2D eigenvalue weighted by atomic mass is 10.1. The second-order valence-corrected chi connectivity index (χ2v) is 4.39. The number of rotatable bonds is 7. The molecule has 0 saturated heterocycles. The van der Waals surface area contributed by atoms with Crippen molar-refractivity contribution in [3.8, 4) is 5.75 Å². The van der Waals surface area contributed by atoms with E-state index >= 15 is 0 Å². The van der Waals surface area contributed by atoms with Crippen LogP contribution in [0.25, 0.3) is 0 Å². The first-order valence-corrected chi connectivity index (χ1v) is 6.21. The van der Waals surface area contributed by atoms with Gasteiger partial charge < -0.3 is 14.7 Å². The summed E-state index contributed by atoms with van der Waals surface area (Å²) in [6, 6.07) is 4.35. The van der Waals surface area contributed by atoms with Crippen molar-refractivity contribution in [2.75, 3.05) is 18.6 Å². The zero-order valence-electron chi connectivity index (χ0n) is 11.7. The van der Waals surface area contributed by atoms with Crippen molar-refractivity contribution >= 4 is 17.3 Å². The highest BCUT2D eigenvalue weighted by Gasteiger charge is 2.21. The minimum atomic E-state index is -0.956. The van der Waals surface area contributed by atoms with Gasteiger partial charge in [-0.2, -0.15) is 0 Å². The maximum atomic E-state index is 11.0. The molecule has 1 aromatic rings. The number of anilines is 1. The molecule has 20 heavy (non-hydrogen) atoms. The molecule has 1 rings (SSSR count). The molecule has 0 radical (unpaired) electrons. The smallest absolute Gasteiger partial charge is 0.323 e. The van der Waals surface area contributed by atoms with E-state index in [1.807, 2.05) is 13.8 Å². The van der Waals surface area contributed by atoms with Crippen LogP contribution in [0.2, 0.25) is 0 Å². The van der Waals surface area contributed by atoms with Crippen LogP contribution in [0.4, 0.5) is 11.4 Å². The Morgan fingerprint density at radius 2 is 2.20 bits per heavy atom. The van der Waals surface area contributed by atoms with E-state index in [9.17, 15) is 14.9 Å². The molecule has 0 saturated carbocycles. The lowest BCUT2D eigenvalue weighted by molar-refractivity contribution is -0.385. The van der Waals surface area contributed by atoms with Crippen LogP contribution in [-0.4, -0.2) is 35.7 Å². The van der Waals surface area contributed by atoms with Crippen LogP contribution >= 0.6 is 0 Å². The van der Waals surface area contributed by atoms with Crippen molar-refractivity contribution in [3.05, 3.63) is 28.3 Å². The average molecular weight is 282 g/mol. The summed E-state index contributed by atoms with van der Waals surface area (Å²) in [7, 11) is 1.34. The highest BCUT2D eigenvalue weighted by molar-refractivity contribution is 5.74. The zero-order valence-corrected chi connectivity index (χ0v) is 11.7. The Morgan fingerprint density at radius 1 is 1.55 bits per heavy atom. The molecule has 0 aliphatic carbocycles. The van der Waals surface area contributed by atoms with E-state index in [0.717, 1.165) is 6.42 Å². The zero-order chi connectivity index (χ0) is 15.3. The van der Waals surface area contributed by atoms with Gasteiger partial charge in [-0.05, 0) is 19.4 Å². The summed E-state index contributed by atoms with van der Waals surface area (Å²) in [5, 5.41) is 19.8. The monoisotopic (exact) mass is 282 g/mol. The third kappa shape index (κ3) is 3.59. The van der Waals surface area contributed by atoms with E-state index in [1.165, 1.54) is 25.3 Å². The van der Waals surface area contributed by atoms with Crippen LogP contribution in [0.1, 0.15) is 20.3 Å². The molecule has 1 unspecified atom stereocenters. The topological polar surface area (TPSA) is 92.9 Å². The van der Waals surface area contributed by atoms with Crippen molar-refractivity contribution in [2.24, 2.45) is 0 Å². The largest absolute Gasteiger partial charge is 0.490 e. The Bertz CT molecular complexity index is 504. The number of nitrogens with zero attached hydrogens (tertiary/aromatic N) is 2. The van der Waals surface area contributed by atoms with Crippen molar-refractivity contribution in [2.45, 2.75) is 26.3 Å². The minimum absolute atomic E-state index is 0.00253. The average Bonchev–Trinajstić information content (AvgIpc) is 2.42. The lowest BCUT2D eigenvalue weighted by Crippen LogP contribution is -2.37. The second kappa shape index (κ2) is 6.74. The van der Waals surface area contributed by atoms with E-state index in [-0.39, 0.29) is 24.0 Å². The molecule has 0 fully saturated rings. The summed E-state index contributed by atoms with van der Waals surface area (Å²) in [5.74, 6) is -0.839. The number of nitro groups is 1. The van der Waals surface area contributed by atoms with E-state index < -0.39 is 10.9 Å². The lowest BCUT2D eigenvalue weighted by Gasteiger charge is -2.29. The van der Waals surface area contributed by atoms with Crippen LogP contribution in [0, 0.1) is 10.1 Å². The van der Waals surface area contributed by atoms with Crippen LogP contribution < -0.4 is 9.64 Å². The molecule has 0 aliphatic heterocycles. The second-order valence-electron chi connectivity index (χ2n) is 4.39. The van der Waals surface area contributed by atoms with E-state index in [1.54, 1.807) is 4.90 Å². The Kier molecular flexibility index (Phi) is 5.31. The molecular formula is C13H18N2O5. The van der Waals surface area contributed by atoms with Crippen LogP contribution in [0.15, 0.2) is 18.2 Å². The Balaban J connectivity index is 3.20. The van der Waals surface area contributed by atoms with Crippen molar-refractivity contribution in [3.63, 3.8) is 0 Å². The molecule has 1 aromatic carbocycles. The summed E-state index contributed by atoms with van der Waals surface area (Å²) >= 11 is 0. The number of carboxylic acid groups (broad SMARTS) is 1. The van der Waals surface area contributed by atoms with Gasteiger partial charge in [-0.3, -0.25) is 14.9 Å². The third-order valence-electron chi connectivity index (χ3n) is 3.12. The number of carboxylic acids is 1. The number of aliphatic carboxylic acids is 1. The summed E-state index contributed by atoms with van der Waals surface area (Å²) in [5.41, 5.74) is 0.444. The third-order valence-corrected chi connectivity index (χ3v) is 3.12.